The summed E-state index contributed by atoms with van der Waals surface area (Å²) >= 11 is 0. The lowest BCUT2D eigenvalue weighted by Gasteiger charge is -2.15. The summed E-state index contributed by atoms with van der Waals surface area (Å²) in [5, 5.41) is 3.32. The van der Waals surface area contributed by atoms with Crippen molar-refractivity contribution in [1.29, 1.82) is 0 Å². The van der Waals surface area contributed by atoms with Crippen molar-refractivity contribution in [2.24, 2.45) is 0 Å². The zero-order chi connectivity index (χ0) is 14.1. The van der Waals surface area contributed by atoms with Gasteiger partial charge in [0.1, 0.15) is 17.2 Å². The first-order valence-electron chi connectivity index (χ1n) is 6.16. The predicted molar refractivity (Wildman–Crippen MR) is 75.9 cm³/mol. The van der Waals surface area contributed by atoms with Crippen LogP contribution in [0.1, 0.15) is 18.9 Å². The third-order valence-corrected chi connectivity index (χ3v) is 2.72. The van der Waals surface area contributed by atoms with E-state index in [0.717, 1.165) is 30.0 Å². The summed E-state index contributed by atoms with van der Waals surface area (Å²) in [6.07, 6.45) is 0.831. The van der Waals surface area contributed by atoms with Gasteiger partial charge in [-0.25, -0.2) is 0 Å². The van der Waals surface area contributed by atoms with E-state index in [1.807, 2.05) is 19.1 Å². The molecule has 19 heavy (non-hydrogen) atoms. The molecule has 0 heterocycles. The Hall–Kier alpha value is -1.86. The molecular formula is C15H21NO3. The first-order valence-corrected chi connectivity index (χ1v) is 6.16. The molecule has 0 amide bonds. The lowest BCUT2D eigenvalue weighted by atomic mass is 10.1. The van der Waals surface area contributed by atoms with E-state index in [1.165, 1.54) is 0 Å². The van der Waals surface area contributed by atoms with Gasteiger partial charge in [0.2, 0.25) is 0 Å². The quantitative estimate of drug-likeness (QED) is 0.605. The maximum Gasteiger partial charge on any atom is 0.130 e. The third kappa shape index (κ3) is 4.38. The molecule has 0 fully saturated rings. The molecule has 1 aromatic carbocycles. The van der Waals surface area contributed by atoms with Crippen molar-refractivity contribution in [3.8, 4) is 29.1 Å². The largest absolute Gasteiger partial charge is 0.496 e. The third-order valence-electron chi connectivity index (χ3n) is 2.72. The van der Waals surface area contributed by atoms with Gasteiger partial charge in [0.05, 0.1) is 26.9 Å². The molecule has 0 saturated heterocycles. The highest BCUT2D eigenvalue weighted by molar-refractivity contribution is 5.50. The molecule has 0 spiro atoms. The van der Waals surface area contributed by atoms with Crippen molar-refractivity contribution in [2.45, 2.75) is 19.9 Å². The van der Waals surface area contributed by atoms with Gasteiger partial charge < -0.3 is 19.5 Å². The van der Waals surface area contributed by atoms with Crippen molar-refractivity contribution in [1.82, 2.24) is 5.32 Å². The van der Waals surface area contributed by atoms with Crippen LogP contribution < -0.4 is 19.5 Å². The second-order valence-corrected chi connectivity index (χ2v) is 3.86. The van der Waals surface area contributed by atoms with Gasteiger partial charge in [-0.15, -0.1) is 11.8 Å². The lowest BCUT2D eigenvalue weighted by molar-refractivity contribution is 0.366. The van der Waals surface area contributed by atoms with Crippen LogP contribution in [0.5, 0.6) is 17.2 Å². The van der Waals surface area contributed by atoms with E-state index < -0.39 is 0 Å². The van der Waals surface area contributed by atoms with Crippen molar-refractivity contribution in [2.75, 3.05) is 27.9 Å². The van der Waals surface area contributed by atoms with E-state index >= 15 is 0 Å². The summed E-state index contributed by atoms with van der Waals surface area (Å²) in [5.74, 6) is 8.11. The molecule has 1 aromatic rings. The van der Waals surface area contributed by atoms with Gasteiger partial charge in [-0.05, 0) is 6.92 Å². The highest BCUT2D eigenvalue weighted by Crippen LogP contribution is 2.33. The molecule has 1 rings (SSSR count). The van der Waals surface area contributed by atoms with Crippen LogP contribution in [-0.4, -0.2) is 27.9 Å². The summed E-state index contributed by atoms with van der Waals surface area (Å²) in [6, 6.07) is 3.71. The standard InChI is InChI=1S/C15H21NO3/c1-5-6-7-8-16-11-13-14(18-3)9-12(17-2)10-15(13)19-4/h9-10,16H,7-8,11H2,1-4H3. The number of hydrogen-bond donors (Lipinski definition) is 1. The van der Waals surface area contributed by atoms with E-state index in [-0.39, 0.29) is 0 Å². The van der Waals surface area contributed by atoms with Crippen molar-refractivity contribution >= 4 is 0 Å². The molecule has 1 N–H and O–H groups in total. The Kier molecular flexibility index (Phi) is 6.62. The van der Waals surface area contributed by atoms with E-state index in [1.54, 1.807) is 21.3 Å². The van der Waals surface area contributed by atoms with Crippen LogP contribution in [0, 0.1) is 11.8 Å². The fourth-order valence-electron chi connectivity index (χ4n) is 1.74. The van der Waals surface area contributed by atoms with Gasteiger partial charge in [0, 0.05) is 31.6 Å². The van der Waals surface area contributed by atoms with Gasteiger partial charge in [-0.1, -0.05) is 0 Å². The van der Waals surface area contributed by atoms with Crippen LogP contribution >= 0.6 is 0 Å². The Morgan fingerprint density at radius 3 is 2.16 bits per heavy atom. The van der Waals surface area contributed by atoms with Crippen LogP contribution in [0.4, 0.5) is 0 Å². The van der Waals surface area contributed by atoms with Crippen LogP contribution in [0.2, 0.25) is 0 Å². The zero-order valence-corrected chi connectivity index (χ0v) is 12.0. The Balaban J connectivity index is 2.81. The normalized spacial score (nSPS) is 9.47. The fourth-order valence-corrected chi connectivity index (χ4v) is 1.74. The molecule has 0 saturated carbocycles. The Labute approximate surface area is 115 Å². The SMILES string of the molecule is CC#CCCNCc1c(OC)cc(OC)cc1OC. The molecule has 104 valence electrons. The number of hydrogen-bond acceptors (Lipinski definition) is 4. The predicted octanol–water partition coefficient (Wildman–Crippen LogP) is 2.22. The average molecular weight is 263 g/mol. The van der Waals surface area contributed by atoms with E-state index in [2.05, 4.69) is 17.2 Å². The maximum atomic E-state index is 5.38. The lowest BCUT2D eigenvalue weighted by Crippen LogP contribution is -2.15. The van der Waals surface area contributed by atoms with Crippen molar-refractivity contribution in [3.05, 3.63) is 17.7 Å². The first kappa shape index (κ1) is 15.2. The smallest absolute Gasteiger partial charge is 0.130 e. The molecule has 0 aliphatic rings. The fraction of sp³-hybridized carbons (Fsp3) is 0.467. The summed E-state index contributed by atoms with van der Waals surface area (Å²) in [7, 11) is 4.90. The topological polar surface area (TPSA) is 39.7 Å². The summed E-state index contributed by atoms with van der Waals surface area (Å²) in [4.78, 5) is 0. The van der Waals surface area contributed by atoms with Gasteiger partial charge in [-0.2, -0.15) is 0 Å². The van der Waals surface area contributed by atoms with Crippen LogP contribution in [0.25, 0.3) is 0 Å². The number of ether oxygens (including phenoxy) is 3. The van der Waals surface area contributed by atoms with Crippen molar-refractivity contribution < 1.29 is 14.2 Å². The van der Waals surface area contributed by atoms with Crippen LogP contribution in [0.15, 0.2) is 12.1 Å². The number of rotatable bonds is 7. The first-order chi connectivity index (χ1) is 9.26. The highest BCUT2D eigenvalue weighted by Gasteiger charge is 2.12. The molecule has 4 nitrogen and oxygen atoms in total. The molecule has 0 bridgehead atoms. The molecule has 0 atom stereocenters. The molecule has 0 aliphatic carbocycles. The minimum absolute atomic E-state index is 0.668. The molecule has 0 radical (unpaired) electrons. The Bertz CT molecular complexity index is 435. The Morgan fingerprint density at radius 1 is 1.05 bits per heavy atom. The maximum absolute atomic E-state index is 5.38. The molecule has 0 unspecified atom stereocenters. The van der Waals surface area contributed by atoms with Crippen molar-refractivity contribution in [3.63, 3.8) is 0 Å². The Morgan fingerprint density at radius 2 is 1.68 bits per heavy atom. The van der Waals surface area contributed by atoms with Gasteiger partial charge in [0.25, 0.3) is 0 Å². The molecule has 4 heteroatoms. The van der Waals surface area contributed by atoms with E-state index in [4.69, 9.17) is 14.2 Å². The minimum Gasteiger partial charge on any atom is -0.496 e. The van der Waals surface area contributed by atoms with E-state index in [0.29, 0.717) is 12.3 Å². The zero-order valence-electron chi connectivity index (χ0n) is 12.0. The van der Waals surface area contributed by atoms with Crippen LogP contribution in [0.3, 0.4) is 0 Å². The molecule has 0 aliphatic heterocycles. The summed E-state index contributed by atoms with van der Waals surface area (Å²) in [6.45, 7) is 3.34. The average Bonchev–Trinajstić information content (AvgIpc) is 2.46. The second-order valence-electron chi connectivity index (χ2n) is 3.86. The van der Waals surface area contributed by atoms with E-state index in [9.17, 15) is 0 Å². The minimum atomic E-state index is 0.668. The summed E-state index contributed by atoms with van der Waals surface area (Å²) in [5.41, 5.74) is 0.982. The van der Waals surface area contributed by atoms with Gasteiger partial charge >= 0.3 is 0 Å². The highest BCUT2D eigenvalue weighted by atomic mass is 16.5. The summed E-state index contributed by atoms with van der Waals surface area (Å²) < 4.78 is 16.0. The van der Waals surface area contributed by atoms with Crippen LogP contribution in [-0.2, 0) is 6.54 Å². The number of benzene rings is 1. The number of nitrogens with one attached hydrogen (secondary N) is 1. The van der Waals surface area contributed by atoms with Gasteiger partial charge in [0.15, 0.2) is 0 Å². The molecular weight excluding hydrogens is 242 g/mol. The number of methoxy groups -OCH3 is 3. The monoisotopic (exact) mass is 263 g/mol. The molecule has 0 aromatic heterocycles. The second kappa shape index (κ2) is 8.28. The van der Waals surface area contributed by atoms with Gasteiger partial charge in [-0.3, -0.25) is 0 Å².